The van der Waals surface area contributed by atoms with Crippen molar-refractivity contribution in [3.8, 4) is 0 Å². The molecule has 0 aromatic heterocycles. The molecular formula is C10H30Cl2O4Si5. The van der Waals surface area contributed by atoms with Crippen LogP contribution >= 0.6 is 22.2 Å². The molecule has 0 saturated heterocycles. The highest BCUT2D eigenvalue weighted by Crippen LogP contribution is 2.27. The van der Waals surface area contributed by atoms with Crippen LogP contribution in [0.4, 0.5) is 0 Å². The van der Waals surface area contributed by atoms with Gasteiger partial charge in [-0.3, -0.25) is 0 Å². The SMILES string of the molecule is C[Si](C)(Cl)O[Si](C)(C)O[Si](C)(C)O[Si](C)(C)O[Si](C)(C)Cl. The van der Waals surface area contributed by atoms with Gasteiger partial charge in [-0.2, -0.15) is 0 Å². The van der Waals surface area contributed by atoms with Crippen molar-refractivity contribution in [1.82, 2.24) is 0 Å². The van der Waals surface area contributed by atoms with Gasteiger partial charge in [0.25, 0.3) is 15.3 Å². The lowest BCUT2D eigenvalue weighted by molar-refractivity contribution is 0.303. The van der Waals surface area contributed by atoms with Gasteiger partial charge < -0.3 is 16.5 Å². The summed E-state index contributed by atoms with van der Waals surface area (Å²) in [4.78, 5) is 0. The molecule has 0 amide bonds. The molecule has 21 heavy (non-hydrogen) atoms. The van der Waals surface area contributed by atoms with E-state index in [1.165, 1.54) is 0 Å². The highest BCUT2D eigenvalue weighted by molar-refractivity contribution is 7.18. The van der Waals surface area contributed by atoms with E-state index in [1.807, 2.05) is 65.5 Å². The monoisotopic (exact) mass is 424 g/mol. The van der Waals surface area contributed by atoms with Gasteiger partial charge >= 0.3 is 25.7 Å². The Balaban J connectivity index is 4.83. The minimum atomic E-state index is -2.37. The molecule has 0 rings (SSSR count). The molecule has 128 valence electrons. The first kappa shape index (κ1) is 22.5. The van der Waals surface area contributed by atoms with Crippen molar-refractivity contribution in [3.05, 3.63) is 0 Å². The summed E-state index contributed by atoms with van der Waals surface area (Å²) in [6.07, 6.45) is 0. The Kier molecular flexibility index (Phi) is 7.69. The average Bonchev–Trinajstić information content (AvgIpc) is 1.83. The smallest absolute Gasteiger partial charge is 0.314 e. The average molecular weight is 426 g/mol. The third-order valence-electron chi connectivity index (χ3n) is 1.96. The van der Waals surface area contributed by atoms with E-state index in [-0.39, 0.29) is 0 Å². The number of hydrogen-bond donors (Lipinski definition) is 0. The zero-order chi connectivity index (χ0) is 17.3. The third-order valence-corrected chi connectivity index (χ3v) is 19.0. The first-order valence-corrected chi connectivity index (χ1v) is 23.3. The van der Waals surface area contributed by atoms with Crippen molar-refractivity contribution >= 4 is 63.1 Å². The molecule has 0 heterocycles. The van der Waals surface area contributed by atoms with Crippen LogP contribution in [0.3, 0.4) is 0 Å². The van der Waals surface area contributed by atoms with Crippen LogP contribution in [0, 0.1) is 0 Å². The summed E-state index contributed by atoms with van der Waals surface area (Å²) in [6, 6.07) is 0. The van der Waals surface area contributed by atoms with Crippen molar-refractivity contribution < 1.29 is 16.5 Å². The summed E-state index contributed by atoms with van der Waals surface area (Å²) >= 11 is 12.6. The van der Waals surface area contributed by atoms with Gasteiger partial charge in [0.1, 0.15) is 0 Å². The van der Waals surface area contributed by atoms with Crippen LogP contribution in [0.2, 0.25) is 65.5 Å². The molecule has 0 bridgehead atoms. The predicted octanol–water partition coefficient (Wildman–Crippen LogP) is 5.04. The highest BCUT2D eigenvalue weighted by Gasteiger charge is 2.45. The second-order valence-electron chi connectivity index (χ2n) is 7.33. The Morgan fingerprint density at radius 1 is 0.429 bits per heavy atom. The van der Waals surface area contributed by atoms with Crippen LogP contribution in [0.1, 0.15) is 0 Å². The fraction of sp³-hybridized carbons (Fsp3) is 1.00. The van der Waals surface area contributed by atoms with Gasteiger partial charge in [0.15, 0.2) is 0 Å². The van der Waals surface area contributed by atoms with E-state index in [0.29, 0.717) is 0 Å². The second kappa shape index (κ2) is 7.17. The second-order valence-corrected chi connectivity index (χ2v) is 29.9. The maximum atomic E-state index is 6.28. The lowest BCUT2D eigenvalue weighted by atomic mass is 11.9. The van der Waals surface area contributed by atoms with Gasteiger partial charge in [0, 0.05) is 0 Å². The standard InChI is InChI=1S/C10H30Cl2O4Si5/c1-17(2,11)13-19(5,6)15-21(9,10)16-20(7,8)14-18(3,4)12/h1-10H3. The molecule has 0 unspecified atom stereocenters. The lowest BCUT2D eigenvalue weighted by Crippen LogP contribution is -2.57. The maximum Gasteiger partial charge on any atom is 0.314 e. The minimum Gasteiger partial charge on any atom is -0.425 e. The largest absolute Gasteiger partial charge is 0.425 e. The van der Waals surface area contributed by atoms with Crippen molar-refractivity contribution in [2.24, 2.45) is 0 Å². The van der Waals surface area contributed by atoms with Crippen molar-refractivity contribution in [1.29, 1.82) is 0 Å². The van der Waals surface area contributed by atoms with Crippen LogP contribution in [0.25, 0.3) is 0 Å². The highest BCUT2D eigenvalue weighted by atomic mass is 35.6. The summed E-state index contributed by atoms with van der Waals surface area (Å²) in [5, 5.41) is 0. The molecule has 0 aromatic carbocycles. The zero-order valence-corrected chi connectivity index (χ0v) is 21.4. The zero-order valence-electron chi connectivity index (χ0n) is 14.9. The van der Waals surface area contributed by atoms with E-state index in [4.69, 9.17) is 38.6 Å². The van der Waals surface area contributed by atoms with E-state index in [2.05, 4.69) is 0 Å². The van der Waals surface area contributed by atoms with Gasteiger partial charge in [-0.15, -0.1) is 22.2 Å². The Labute approximate surface area is 144 Å². The van der Waals surface area contributed by atoms with Crippen molar-refractivity contribution in [3.63, 3.8) is 0 Å². The van der Waals surface area contributed by atoms with Crippen LogP contribution < -0.4 is 0 Å². The normalized spacial score (nSPS) is 15.4. The molecule has 0 aliphatic heterocycles. The maximum absolute atomic E-state index is 6.28. The first-order chi connectivity index (χ1) is 8.83. The van der Waals surface area contributed by atoms with Crippen LogP contribution in [0.5, 0.6) is 0 Å². The molecule has 0 spiro atoms. The summed E-state index contributed by atoms with van der Waals surface area (Å²) in [5.41, 5.74) is 0. The van der Waals surface area contributed by atoms with E-state index < -0.39 is 40.9 Å². The van der Waals surface area contributed by atoms with Gasteiger partial charge in [0.05, 0.1) is 0 Å². The van der Waals surface area contributed by atoms with Crippen molar-refractivity contribution in [2.45, 2.75) is 65.5 Å². The molecule has 11 heteroatoms. The molecule has 0 saturated carbocycles. The van der Waals surface area contributed by atoms with Gasteiger partial charge in [0.2, 0.25) is 0 Å². The van der Waals surface area contributed by atoms with E-state index in [9.17, 15) is 0 Å². The molecule has 0 radical (unpaired) electrons. The quantitative estimate of drug-likeness (QED) is 0.403. The third kappa shape index (κ3) is 12.6. The molecule has 4 nitrogen and oxygen atoms in total. The number of halogens is 2. The van der Waals surface area contributed by atoms with Gasteiger partial charge in [-0.1, -0.05) is 0 Å². The van der Waals surface area contributed by atoms with Crippen LogP contribution in [-0.2, 0) is 16.5 Å². The fourth-order valence-corrected chi connectivity index (χ4v) is 26.2. The Morgan fingerprint density at radius 2 is 0.619 bits per heavy atom. The summed E-state index contributed by atoms with van der Waals surface area (Å²) in [6.45, 7) is 19.9. The number of rotatable bonds is 8. The molecule has 0 aromatic rings. The topological polar surface area (TPSA) is 36.9 Å². The fourth-order valence-electron chi connectivity index (χ4n) is 2.42. The van der Waals surface area contributed by atoms with Crippen LogP contribution in [0.15, 0.2) is 0 Å². The summed E-state index contributed by atoms with van der Waals surface area (Å²) in [7, 11) is -11.3. The van der Waals surface area contributed by atoms with Crippen LogP contribution in [-0.4, -0.2) is 40.9 Å². The lowest BCUT2D eigenvalue weighted by Gasteiger charge is -2.40. The first-order valence-electron chi connectivity index (χ1n) is 7.01. The molecular weight excluding hydrogens is 395 g/mol. The number of hydrogen-bond acceptors (Lipinski definition) is 4. The van der Waals surface area contributed by atoms with Gasteiger partial charge in [-0.25, -0.2) is 0 Å². The van der Waals surface area contributed by atoms with E-state index in [0.717, 1.165) is 0 Å². The van der Waals surface area contributed by atoms with Crippen molar-refractivity contribution in [2.75, 3.05) is 0 Å². The molecule has 0 fully saturated rings. The Morgan fingerprint density at radius 3 is 0.810 bits per heavy atom. The molecule has 0 aliphatic rings. The van der Waals surface area contributed by atoms with Gasteiger partial charge in [-0.05, 0) is 65.5 Å². The summed E-state index contributed by atoms with van der Waals surface area (Å²) in [5.74, 6) is 0. The van der Waals surface area contributed by atoms with E-state index >= 15 is 0 Å². The Hall–Kier alpha value is 1.50. The Bertz CT molecular complexity index is 320. The summed E-state index contributed by atoms with van der Waals surface area (Å²) < 4.78 is 24.5. The molecule has 0 N–H and O–H groups in total. The molecule has 0 aliphatic carbocycles. The predicted molar refractivity (Wildman–Crippen MR) is 103 cm³/mol. The minimum absolute atomic E-state index is 1.95. The molecule has 0 atom stereocenters. The van der Waals surface area contributed by atoms with E-state index in [1.54, 1.807) is 0 Å².